The second-order valence-corrected chi connectivity index (χ2v) is 9.37. The van der Waals surface area contributed by atoms with Crippen molar-refractivity contribution in [1.29, 1.82) is 0 Å². The Labute approximate surface area is 199 Å². The fraction of sp³-hybridized carbons (Fsp3) is 0.333. The fourth-order valence-corrected chi connectivity index (χ4v) is 5.04. The Morgan fingerprint density at radius 1 is 1.16 bits per heavy atom. The van der Waals surface area contributed by atoms with Crippen molar-refractivity contribution in [3.63, 3.8) is 0 Å². The Hall–Kier alpha value is -2.46. The number of hydrogen-bond acceptors (Lipinski definition) is 6. The van der Waals surface area contributed by atoms with Crippen LogP contribution in [0.15, 0.2) is 35.7 Å². The van der Waals surface area contributed by atoms with Crippen LogP contribution < -0.4 is 0 Å². The van der Waals surface area contributed by atoms with Crippen molar-refractivity contribution >= 4 is 46.3 Å². The van der Waals surface area contributed by atoms with E-state index in [1.54, 1.807) is 11.6 Å². The van der Waals surface area contributed by atoms with Gasteiger partial charge in [0.2, 0.25) is 0 Å². The molecule has 1 amide bonds. The Bertz CT molecular complexity index is 1130. The van der Waals surface area contributed by atoms with Crippen LogP contribution in [0, 0.1) is 17.0 Å². The highest BCUT2D eigenvalue weighted by atomic mass is 35.5. The third-order valence-corrected chi connectivity index (χ3v) is 7.13. The number of halogens is 2. The summed E-state index contributed by atoms with van der Waals surface area (Å²) in [4.78, 5) is 28.1. The average molecular weight is 494 g/mol. The van der Waals surface area contributed by atoms with Gasteiger partial charge in [-0.1, -0.05) is 29.3 Å². The van der Waals surface area contributed by atoms with E-state index in [0.29, 0.717) is 46.8 Å². The third-order valence-electron chi connectivity index (χ3n) is 5.46. The average Bonchev–Trinajstić information content (AvgIpc) is 3.38. The first kappa shape index (κ1) is 22.7. The van der Waals surface area contributed by atoms with E-state index in [4.69, 9.17) is 23.2 Å². The molecule has 0 bridgehead atoms. The third kappa shape index (κ3) is 4.96. The minimum absolute atomic E-state index is 0.000145. The standard InChI is InChI=1S/C21H21Cl2N5O3S/c1-14-9-20(28(30)31)24-27(14)11-15-10-19(32-13-15)21(29)26-7-5-25(6-8-26)12-16-17(22)3-2-4-18(16)23/h2-4,9-10,13H,5-8,11-12H2,1H3. The number of aromatic nitrogens is 2. The van der Waals surface area contributed by atoms with Crippen molar-refractivity contribution in [3.8, 4) is 0 Å². The number of nitrogens with zero attached hydrogens (tertiary/aromatic N) is 5. The monoisotopic (exact) mass is 493 g/mol. The Morgan fingerprint density at radius 3 is 2.47 bits per heavy atom. The summed E-state index contributed by atoms with van der Waals surface area (Å²) in [5.41, 5.74) is 2.50. The Kier molecular flexibility index (Phi) is 6.80. The van der Waals surface area contributed by atoms with Crippen LogP contribution in [0.25, 0.3) is 0 Å². The highest BCUT2D eigenvalue weighted by molar-refractivity contribution is 7.12. The zero-order valence-corrected chi connectivity index (χ0v) is 19.7. The lowest BCUT2D eigenvalue weighted by Gasteiger charge is -2.34. The van der Waals surface area contributed by atoms with Gasteiger partial charge in [0, 0.05) is 48.3 Å². The number of rotatable bonds is 6. The van der Waals surface area contributed by atoms with Crippen LogP contribution in [0.3, 0.4) is 0 Å². The predicted octanol–water partition coefficient (Wildman–Crippen LogP) is 4.47. The zero-order chi connectivity index (χ0) is 22.8. The summed E-state index contributed by atoms with van der Waals surface area (Å²) in [6.45, 7) is 5.53. The van der Waals surface area contributed by atoms with Gasteiger partial charge in [-0.3, -0.25) is 9.69 Å². The molecule has 3 aromatic rings. The minimum Gasteiger partial charge on any atom is -0.358 e. The molecule has 1 aliphatic rings. The molecular weight excluding hydrogens is 473 g/mol. The molecule has 2 aromatic heterocycles. The molecule has 1 saturated heterocycles. The number of carbonyl (C=O) groups is 1. The second-order valence-electron chi connectivity index (χ2n) is 7.65. The lowest BCUT2D eigenvalue weighted by molar-refractivity contribution is -0.389. The first-order valence-electron chi connectivity index (χ1n) is 10.0. The van der Waals surface area contributed by atoms with Crippen molar-refractivity contribution in [2.45, 2.75) is 20.0 Å². The number of aryl methyl sites for hydroxylation is 1. The molecule has 0 spiro atoms. The summed E-state index contributed by atoms with van der Waals surface area (Å²) in [5.74, 6) is -0.176. The molecule has 1 aliphatic heterocycles. The molecule has 0 unspecified atom stereocenters. The van der Waals surface area contributed by atoms with Gasteiger partial charge in [0.15, 0.2) is 0 Å². The summed E-state index contributed by atoms with van der Waals surface area (Å²) in [6.07, 6.45) is 0. The number of thiophene rings is 1. The first-order valence-corrected chi connectivity index (χ1v) is 11.7. The molecule has 11 heteroatoms. The van der Waals surface area contributed by atoms with Crippen LogP contribution in [-0.2, 0) is 13.1 Å². The molecule has 8 nitrogen and oxygen atoms in total. The maximum absolute atomic E-state index is 13.0. The highest BCUT2D eigenvalue weighted by Crippen LogP contribution is 2.26. The quantitative estimate of drug-likeness (QED) is 0.373. The summed E-state index contributed by atoms with van der Waals surface area (Å²) in [6, 6.07) is 8.78. The van der Waals surface area contributed by atoms with Gasteiger partial charge in [0.05, 0.1) is 28.3 Å². The lowest BCUT2D eigenvalue weighted by Crippen LogP contribution is -2.48. The highest BCUT2D eigenvalue weighted by Gasteiger charge is 2.24. The molecule has 3 heterocycles. The summed E-state index contributed by atoms with van der Waals surface area (Å²) >= 11 is 13.9. The van der Waals surface area contributed by atoms with E-state index in [1.807, 2.05) is 34.5 Å². The molecule has 0 radical (unpaired) electrons. The van der Waals surface area contributed by atoms with E-state index in [9.17, 15) is 14.9 Å². The molecule has 0 saturated carbocycles. The van der Waals surface area contributed by atoms with Crippen LogP contribution in [-0.4, -0.2) is 56.6 Å². The zero-order valence-electron chi connectivity index (χ0n) is 17.3. The van der Waals surface area contributed by atoms with Gasteiger partial charge in [-0.2, -0.15) is 4.68 Å². The number of nitro groups is 1. The van der Waals surface area contributed by atoms with Crippen LogP contribution in [0.5, 0.6) is 0 Å². The number of carbonyl (C=O) groups excluding carboxylic acids is 1. The van der Waals surface area contributed by atoms with Gasteiger partial charge >= 0.3 is 5.82 Å². The molecule has 1 fully saturated rings. The summed E-state index contributed by atoms with van der Waals surface area (Å²) in [5, 5.41) is 18.1. The molecule has 32 heavy (non-hydrogen) atoms. The minimum atomic E-state index is -0.509. The SMILES string of the molecule is Cc1cc([N+](=O)[O-])nn1Cc1csc(C(=O)N2CCN(Cc3c(Cl)cccc3Cl)CC2)c1. The maximum Gasteiger partial charge on any atom is 0.390 e. The Balaban J connectivity index is 1.35. The van der Waals surface area contributed by atoms with E-state index in [2.05, 4.69) is 10.00 Å². The van der Waals surface area contributed by atoms with Crippen LogP contribution in [0.4, 0.5) is 5.82 Å². The van der Waals surface area contributed by atoms with Crippen molar-refractivity contribution in [3.05, 3.63) is 77.6 Å². The van der Waals surface area contributed by atoms with Gasteiger partial charge in [0.25, 0.3) is 5.91 Å². The Morgan fingerprint density at radius 2 is 1.84 bits per heavy atom. The van der Waals surface area contributed by atoms with Crippen LogP contribution >= 0.6 is 34.5 Å². The first-order chi connectivity index (χ1) is 15.3. The van der Waals surface area contributed by atoms with Crippen molar-refractivity contribution in [2.24, 2.45) is 0 Å². The van der Waals surface area contributed by atoms with Crippen LogP contribution in [0.1, 0.15) is 26.5 Å². The number of amides is 1. The van der Waals surface area contributed by atoms with Crippen molar-refractivity contribution in [1.82, 2.24) is 19.6 Å². The fourth-order valence-electron chi connectivity index (χ4n) is 3.66. The van der Waals surface area contributed by atoms with Crippen molar-refractivity contribution < 1.29 is 9.72 Å². The molecule has 1 aromatic carbocycles. The van der Waals surface area contributed by atoms with Gasteiger partial charge in [0.1, 0.15) is 0 Å². The molecule has 4 rings (SSSR count). The number of hydrogen-bond donors (Lipinski definition) is 0. The normalized spacial score (nSPS) is 14.7. The smallest absolute Gasteiger partial charge is 0.358 e. The molecule has 0 N–H and O–H groups in total. The van der Waals surface area contributed by atoms with Gasteiger partial charge in [-0.25, -0.2) is 0 Å². The second kappa shape index (κ2) is 9.58. The van der Waals surface area contributed by atoms with E-state index >= 15 is 0 Å². The van der Waals surface area contributed by atoms with E-state index in [1.165, 1.54) is 17.4 Å². The van der Waals surface area contributed by atoms with E-state index < -0.39 is 4.92 Å². The topological polar surface area (TPSA) is 84.5 Å². The van der Waals surface area contributed by atoms with Gasteiger partial charge < -0.3 is 15.0 Å². The van der Waals surface area contributed by atoms with E-state index in [-0.39, 0.29) is 11.7 Å². The van der Waals surface area contributed by atoms with Crippen molar-refractivity contribution in [2.75, 3.05) is 26.2 Å². The molecule has 0 atom stereocenters. The number of piperazine rings is 1. The predicted molar refractivity (Wildman–Crippen MR) is 125 cm³/mol. The summed E-state index contributed by atoms with van der Waals surface area (Å²) < 4.78 is 1.58. The van der Waals surface area contributed by atoms with Gasteiger partial charge in [-0.05, 0) is 41.0 Å². The maximum atomic E-state index is 13.0. The largest absolute Gasteiger partial charge is 0.390 e. The van der Waals surface area contributed by atoms with E-state index in [0.717, 1.165) is 24.2 Å². The lowest BCUT2D eigenvalue weighted by atomic mass is 10.2. The molecular formula is C21H21Cl2N5O3S. The summed E-state index contributed by atoms with van der Waals surface area (Å²) in [7, 11) is 0. The number of benzene rings is 1. The molecule has 0 aliphatic carbocycles. The molecule has 168 valence electrons. The van der Waals surface area contributed by atoms with Gasteiger partial charge in [-0.15, -0.1) is 11.3 Å². The van der Waals surface area contributed by atoms with Crippen LogP contribution in [0.2, 0.25) is 10.0 Å².